The number of carbonyl (C=O) groups excluding carboxylic acids is 1. The second-order valence-corrected chi connectivity index (χ2v) is 8.32. The van der Waals surface area contributed by atoms with E-state index in [0.29, 0.717) is 23.9 Å². The van der Waals surface area contributed by atoms with Gasteiger partial charge in [-0.3, -0.25) is 4.68 Å². The van der Waals surface area contributed by atoms with Crippen LogP contribution < -0.4 is 15.4 Å². The van der Waals surface area contributed by atoms with Gasteiger partial charge in [0.25, 0.3) is 0 Å². The lowest BCUT2D eigenvalue weighted by atomic mass is 10.1. The summed E-state index contributed by atoms with van der Waals surface area (Å²) in [5.41, 5.74) is 1.90. The van der Waals surface area contributed by atoms with Gasteiger partial charge in [0.1, 0.15) is 16.5 Å². The number of anilines is 1. The van der Waals surface area contributed by atoms with Crippen molar-refractivity contribution in [3.63, 3.8) is 0 Å². The van der Waals surface area contributed by atoms with Gasteiger partial charge in [-0.2, -0.15) is 10.4 Å². The molecule has 1 aromatic heterocycles. The molecule has 0 aliphatic rings. The minimum Gasteiger partial charge on any atom is -0.337 e. The van der Waals surface area contributed by atoms with E-state index in [1.165, 1.54) is 6.20 Å². The fourth-order valence-electron chi connectivity index (χ4n) is 2.69. The number of amides is 2. The summed E-state index contributed by atoms with van der Waals surface area (Å²) in [5.74, 6) is -2.10. The van der Waals surface area contributed by atoms with E-state index < -0.39 is 32.6 Å². The van der Waals surface area contributed by atoms with E-state index in [4.69, 9.17) is 5.26 Å². The number of nitrogens with zero attached hydrogens (tertiary/aromatic N) is 3. The molecule has 0 aliphatic heterocycles. The minimum absolute atomic E-state index is 0.0761. The Morgan fingerprint density at radius 1 is 1.12 bits per heavy atom. The monoisotopic (exact) mass is 460 g/mol. The van der Waals surface area contributed by atoms with Gasteiger partial charge in [-0.15, -0.1) is 0 Å². The first-order chi connectivity index (χ1) is 15.3. The van der Waals surface area contributed by atoms with Crippen molar-refractivity contribution in [1.29, 1.82) is 5.26 Å². The highest BCUT2D eigenvalue weighted by atomic mass is 32.2. The molecule has 0 fully saturated rings. The molecular weight excluding hydrogens is 442 g/mol. The summed E-state index contributed by atoms with van der Waals surface area (Å²) >= 11 is 0. The quantitative estimate of drug-likeness (QED) is 0.444. The normalized spacial score (nSPS) is 11.0. The number of hydrogen-bond donors (Lipinski definition) is 3. The smallest absolute Gasteiger partial charge is 0.319 e. The van der Waals surface area contributed by atoms with Crippen LogP contribution in [0.1, 0.15) is 11.1 Å². The summed E-state index contributed by atoms with van der Waals surface area (Å²) in [6.45, 7) is 0.161. The average molecular weight is 460 g/mol. The van der Waals surface area contributed by atoms with Crippen molar-refractivity contribution in [3.8, 4) is 6.07 Å². The third-order valence-electron chi connectivity index (χ3n) is 4.20. The molecule has 0 radical (unpaired) electrons. The maximum atomic E-state index is 13.6. The molecule has 9 nitrogen and oxygen atoms in total. The zero-order chi connectivity index (χ0) is 23.1. The highest BCUT2D eigenvalue weighted by Gasteiger charge is 2.19. The van der Waals surface area contributed by atoms with Crippen LogP contribution in [0.25, 0.3) is 0 Å². The topological polar surface area (TPSA) is 129 Å². The summed E-state index contributed by atoms with van der Waals surface area (Å²) in [6, 6.07) is 10.6. The van der Waals surface area contributed by atoms with E-state index in [2.05, 4.69) is 20.5 Å². The second-order valence-electron chi connectivity index (χ2n) is 6.59. The van der Waals surface area contributed by atoms with Crippen LogP contribution in [-0.2, 0) is 16.6 Å². The second kappa shape index (κ2) is 9.99. The van der Waals surface area contributed by atoms with Crippen molar-refractivity contribution in [2.45, 2.75) is 11.4 Å². The summed E-state index contributed by atoms with van der Waals surface area (Å²) in [6.07, 6.45) is 3.06. The number of aromatic nitrogens is 2. The lowest BCUT2D eigenvalue weighted by Crippen LogP contribution is -2.37. The Balaban J connectivity index is 1.44. The number of nitrogens with one attached hydrogen (secondary N) is 3. The van der Waals surface area contributed by atoms with Gasteiger partial charge in [0, 0.05) is 25.4 Å². The molecule has 0 saturated heterocycles. The number of sulfonamides is 1. The zero-order valence-corrected chi connectivity index (χ0v) is 17.4. The van der Waals surface area contributed by atoms with Gasteiger partial charge in [0.2, 0.25) is 10.0 Å². The van der Waals surface area contributed by atoms with Crippen molar-refractivity contribution in [2.75, 3.05) is 18.4 Å². The molecule has 1 heterocycles. The molecule has 2 amide bonds. The maximum Gasteiger partial charge on any atom is 0.319 e. The molecule has 3 rings (SSSR count). The van der Waals surface area contributed by atoms with Crippen LogP contribution in [0.15, 0.2) is 59.8 Å². The first kappa shape index (κ1) is 22.9. The Bertz CT molecular complexity index is 1250. The Morgan fingerprint density at radius 3 is 2.56 bits per heavy atom. The van der Waals surface area contributed by atoms with Crippen molar-refractivity contribution in [2.24, 2.45) is 0 Å². The van der Waals surface area contributed by atoms with Crippen LogP contribution in [-0.4, -0.2) is 37.3 Å². The van der Waals surface area contributed by atoms with Gasteiger partial charge in [0.15, 0.2) is 0 Å². The molecule has 0 aliphatic carbocycles. The van der Waals surface area contributed by atoms with E-state index in [-0.39, 0.29) is 13.1 Å². The standard InChI is InChI=1S/C20H18F2N6O3S/c21-16-5-6-19(18(22)9-16)32(30,31)26-8-7-24-20(29)27-17-11-25-28(13-17)12-15-3-1-14(10-23)2-4-15/h1-6,9,11,13,26H,7-8,12H2,(H2,24,27,29). The fraction of sp³-hybridized carbons (Fsp3) is 0.150. The van der Waals surface area contributed by atoms with Gasteiger partial charge >= 0.3 is 6.03 Å². The van der Waals surface area contributed by atoms with Gasteiger partial charge in [-0.05, 0) is 29.8 Å². The van der Waals surface area contributed by atoms with E-state index in [1.807, 2.05) is 6.07 Å². The third-order valence-corrected chi connectivity index (χ3v) is 5.70. The number of urea groups is 1. The number of carbonyl (C=O) groups is 1. The minimum atomic E-state index is -4.19. The van der Waals surface area contributed by atoms with Crippen LogP contribution >= 0.6 is 0 Å². The predicted octanol–water partition coefficient (Wildman–Crippen LogP) is 2.18. The van der Waals surface area contributed by atoms with Crippen LogP contribution in [0.2, 0.25) is 0 Å². The van der Waals surface area contributed by atoms with Crippen LogP contribution in [0.4, 0.5) is 19.3 Å². The van der Waals surface area contributed by atoms with Gasteiger partial charge in [-0.1, -0.05) is 12.1 Å². The van der Waals surface area contributed by atoms with E-state index in [1.54, 1.807) is 35.1 Å². The summed E-state index contributed by atoms with van der Waals surface area (Å²) in [4.78, 5) is 11.3. The summed E-state index contributed by atoms with van der Waals surface area (Å²) < 4.78 is 54.4. The predicted molar refractivity (Wildman–Crippen MR) is 111 cm³/mol. The molecule has 32 heavy (non-hydrogen) atoms. The van der Waals surface area contributed by atoms with Crippen LogP contribution in [0.5, 0.6) is 0 Å². The third kappa shape index (κ3) is 6.10. The molecule has 3 aromatic rings. The van der Waals surface area contributed by atoms with Gasteiger partial charge in [-0.25, -0.2) is 26.7 Å². The highest BCUT2D eigenvalue weighted by molar-refractivity contribution is 7.89. The molecule has 0 spiro atoms. The first-order valence-electron chi connectivity index (χ1n) is 9.28. The summed E-state index contributed by atoms with van der Waals surface area (Å²) in [5, 5.41) is 18.0. The Kier molecular flexibility index (Phi) is 7.14. The van der Waals surface area contributed by atoms with E-state index >= 15 is 0 Å². The van der Waals surface area contributed by atoms with Crippen molar-refractivity contribution in [3.05, 3.63) is 77.6 Å². The number of rotatable bonds is 8. The van der Waals surface area contributed by atoms with Crippen LogP contribution in [0.3, 0.4) is 0 Å². The molecule has 166 valence electrons. The van der Waals surface area contributed by atoms with Gasteiger partial charge < -0.3 is 10.6 Å². The molecule has 3 N–H and O–H groups in total. The van der Waals surface area contributed by atoms with E-state index in [0.717, 1.165) is 17.7 Å². The Morgan fingerprint density at radius 2 is 1.88 bits per heavy atom. The Labute approximate surface area is 182 Å². The number of hydrogen-bond acceptors (Lipinski definition) is 5. The molecule has 12 heteroatoms. The SMILES string of the molecule is N#Cc1ccc(Cn2cc(NC(=O)NCCNS(=O)(=O)c3ccc(F)cc3F)cn2)cc1. The molecule has 0 saturated carbocycles. The highest BCUT2D eigenvalue weighted by Crippen LogP contribution is 2.15. The molecule has 0 atom stereocenters. The Hall–Kier alpha value is -3.82. The molecule has 2 aromatic carbocycles. The molecule has 0 unspecified atom stereocenters. The largest absolute Gasteiger partial charge is 0.337 e. The van der Waals surface area contributed by atoms with Crippen molar-refractivity contribution >= 4 is 21.7 Å². The first-order valence-corrected chi connectivity index (χ1v) is 10.8. The van der Waals surface area contributed by atoms with E-state index in [9.17, 15) is 22.0 Å². The van der Waals surface area contributed by atoms with Gasteiger partial charge in [0.05, 0.1) is 30.1 Å². The lowest BCUT2D eigenvalue weighted by molar-refractivity contribution is 0.252. The lowest BCUT2D eigenvalue weighted by Gasteiger charge is -2.09. The number of nitriles is 1. The maximum absolute atomic E-state index is 13.6. The molecule has 0 bridgehead atoms. The summed E-state index contributed by atoms with van der Waals surface area (Å²) in [7, 11) is -4.19. The van der Waals surface area contributed by atoms with Crippen molar-refractivity contribution in [1.82, 2.24) is 19.8 Å². The zero-order valence-electron chi connectivity index (χ0n) is 16.5. The number of benzene rings is 2. The average Bonchev–Trinajstić information content (AvgIpc) is 3.18. The van der Waals surface area contributed by atoms with Crippen LogP contribution in [0, 0.1) is 23.0 Å². The number of halogens is 2. The fourth-order valence-corrected chi connectivity index (χ4v) is 3.78. The van der Waals surface area contributed by atoms with Crippen molar-refractivity contribution < 1.29 is 22.0 Å². The molecular formula is C20H18F2N6O3S.